The molecular formula is C14H12BrN3OS. The maximum Gasteiger partial charge on any atom is 0.273 e. The van der Waals surface area contributed by atoms with Crippen molar-refractivity contribution in [3.8, 4) is 0 Å². The molecule has 0 saturated heterocycles. The number of fused-ring (bicyclic) bond motifs is 1. The molecule has 20 heavy (non-hydrogen) atoms. The number of carbonyl (C=O) groups is 1. The van der Waals surface area contributed by atoms with Crippen molar-refractivity contribution in [2.45, 2.75) is 13.8 Å². The van der Waals surface area contributed by atoms with Gasteiger partial charge in [0.1, 0.15) is 5.69 Å². The van der Waals surface area contributed by atoms with Crippen LogP contribution >= 0.6 is 27.3 Å². The smallest absolute Gasteiger partial charge is 0.273 e. The molecule has 0 spiro atoms. The van der Waals surface area contributed by atoms with Crippen molar-refractivity contribution in [3.63, 3.8) is 0 Å². The largest absolute Gasteiger partial charge is 0.356 e. The molecule has 0 saturated carbocycles. The number of hydrogen-bond donors (Lipinski definition) is 2. The predicted molar refractivity (Wildman–Crippen MR) is 85.5 cm³/mol. The van der Waals surface area contributed by atoms with Gasteiger partial charge in [0.15, 0.2) is 5.13 Å². The Balaban J connectivity index is 1.91. The third-order valence-corrected chi connectivity index (χ3v) is 4.32. The van der Waals surface area contributed by atoms with E-state index in [0.717, 1.165) is 20.3 Å². The fourth-order valence-electron chi connectivity index (χ4n) is 2.09. The van der Waals surface area contributed by atoms with Crippen molar-refractivity contribution in [2.24, 2.45) is 0 Å². The molecule has 1 amide bonds. The summed E-state index contributed by atoms with van der Waals surface area (Å²) in [6.07, 6.45) is 1.72. The fourth-order valence-corrected chi connectivity index (χ4v) is 3.47. The van der Waals surface area contributed by atoms with Crippen LogP contribution in [0.5, 0.6) is 0 Å². The molecule has 0 radical (unpaired) electrons. The van der Waals surface area contributed by atoms with Gasteiger partial charge in [-0.05, 0) is 53.0 Å². The Hall–Kier alpha value is -1.66. The topological polar surface area (TPSA) is 57.8 Å². The Morgan fingerprint density at radius 3 is 2.85 bits per heavy atom. The van der Waals surface area contributed by atoms with Crippen LogP contribution in [0.25, 0.3) is 10.2 Å². The number of amides is 1. The van der Waals surface area contributed by atoms with Crippen LogP contribution in [0.15, 0.2) is 28.9 Å². The lowest BCUT2D eigenvalue weighted by molar-refractivity contribution is 0.102. The highest BCUT2D eigenvalue weighted by Crippen LogP contribution is 2.29. The molecule has 0 unspecified atom stereocenters. The highest BCUT2D eigenvalue weighted by Gasteiger charge is 2.12. The minimum Gasteiger partial charge on any atom is -0.356 e. The van der Waals surface area contributed by atoms with E-state index in [2.05, 4.69) is 50.3 Å². The average Bonchev–Trinajstić information content (AvgIpc) is 2.95. The van der Waals surface area contributed by atoms with E-state index in [4.69, 9.17) is 0 Å². The van der Waals surface area contributed by atoms with Crippen LogP contribution in [0, 0.1) is 13.8 Å². The number of nitrogens with zero attached hydrogens (tertiary/aromatic N) is 1. The number of thiazole rings is 1. The monoisotopic (exact) mass is 349 g/mol. The summed E-state index contributed by atoms with van der Waals surface area (Å²) in [5, 5.41) is 3.44. The van der Waals surface area contributed by atoms with Crippen molar-refractivity contribution in [1.29, 1.82) is 0 Å². The summed E-state index contributed by atoms with van der Waals surface area (Å²) in [6.45, 7) is 4.09. The molecule has 0 aliphatic rings. The van der Waals surface area contributed by atoms with Gasteiger partial charge in [0, 0.05) is 10.7 Å². The lowest BCUT2D eigenvalue weighted by atomic mass is 10.1. The third-order valence-electron chi connectivity index (χ3n) is 2.94. The van der Waals surface area contributed by atoms with Crippen molar-refractivity contribution in [3.05, 3.63) is 45.7 Å². The van der Waals surface area contributed by atoms with E-state index in [1.165, 1.54) is 16.9 Å². The zero-order valence-electron chi connectivity index (χ0n) is 11.0. The van der Waals surface area contributed by atoms with Gasteiger partial charge in [-0.15, -0.1) is 0 Å². The minimum atomic E-state index is -0.191. The summed E-state index contributed by atoms with van der Waals surface area (Å²) in [7, 11) is 0. The SMILES string of the molecule is Cc1cc(C)c2nc(NC(=O)c3cc(Br)c[nH]3)sc2c1. The number of halogens is 1. The summed E-state index contributed by atoms with van der Waals surface area (Å²) in [6, 6.07) is 5.91. The van der Waals surface area contributed by atoms with Crippen molar-refractivity contribution in [1.82, 2.24) is 9.97 Å². The number of aromatic nitrogens is 2. The standard InChI is InChI=1S/C14H12BrN3OS/c1-7-3-8(2)12-11(4-7)20-14(17-12)18-13(19)10-5-9(15)6-16-10/h3-6,16H,1-2H3,(H,17,18,19). The Bertz CT molecular complexity index is 806. The van der Waals surface area contributed by atoms with Crippen LogP contribution < -0.4 is 5.32 Å². The molecule has 2 N–H and O–H groups in total. The maximum absolute atomic E-state index is 12.1. The van der Waals surface area contributed by atoms with Crippen LogP contribution in [-0.2, 0) is 0 Å². The van der Waals surface area contributed by atoms with Crippen LogP contribution in [0.3, 0.4) is 0 Å². The van der Waals surface area contributed by atoms with Crippen molar-refractivity contribution in [2.75, 3.05) is 5.32 Å². The molecule has 2 heterocycles. The Morgan fingerprint density at radius 1 is 1.35 bits per heavy atom. The maximum atomic E-state index is 12.1. The normalized spacial score (nSPS) is 10.9. The molecule has 3 aromatic rings. The predicted octanol–water partition coefficient (Wildman–Crippen LogP) is 4.26. The highest BCUT2D eigenvalue weighted by molar-refractivity contribution is 9.10. The first-order valence-corrected chi connectivity index (χ1v) is 7.67. The Morgan fingerprint density at radius 2 is 2.15 bits per heavy atom. The second kappa shape index (κ2) is 5.03. The molecule has 6 heteroatoms. The number of rotatable bonds is 2. The van der Waals surface area contributed by atoms with E-state index < -0.39 is 0 Å². The zero-order chi connectivity index (χ0) is 14.3. The summed E-state index contributed by atoms with van der Waals surface area (Å²) < 4.78 is 1.93. The quantitative estimate of drug-likeness (QED) is 0.726. The second-order valence-electron chi connectivity index (χ2n) is 4.63. The van der Waals surface area contributed by atoms with Gasteiger partial charge in [-0.3, -0.25) is 10.1 Å². The Labute approximate surface area is 128 Å². The van der Waals surface area contributed by atoms with Gasteiger partial charge in [0.05, 0.1) is 10.2 Å². The summed E-state index contributed by atoms with van der Waals surface area (Å²) in [4.78, 5) is 19.4. The minimum absolute atomic E-state index is 0.191. The van der Waals surface area contributed by atoms with Crippen molar-refractivity contribution < 1.29 is 4.79 Å². The molecule has 0 aliphatic carbocycles. The number of aromatic amines is 1. The first kappa shape index (κ1) is 13.3. The summed E-state index contributed by atoms with van der Waals surface area (Å²) in [5.74, 6) is -0.191. The number of hydrogen-bond acceptors (Lipinski definition) is 3. The van der Waals surface area contributed by atoms with Gasteiger partial charge in [-0.1, -0.05) is 17.4 Å². The fraction of sp³-hybridized carbons (Fsp3) is 0.143. The van der Waals surface area contributed by atoms with E-state index in [1.54, 1.807) is 12.3 Å². The van der Waals surface area contributed by atoms with Gasteiger partial charge in [0.25, 0.3) is 5.91 Å². The molecule has 0 atom stereocenters. The van der Waals surface area contributed by atoms with E-state index in [1.807, 2.05) is 6.92 Å². The zero-order valence-corrected chi connectivity index (χ0v) is 13.4. The number of nitrogens with one attached hydrogen (secondary N) is 2. The lowest BCUT2D eigenvalue weighted by Gasteiger charge is -1.97. The average molecular weight is 350 g/mol. The first-order chi connectivity index (χ1) is 9.52. The van der Waals surface area contributed by atoms with Crippen LogP contribution in [0.1, 0.15) is 21.6 Å². The van der Waals surface area contributed by atoms with Gasteiger partial charge < -0.3 is 4.98 Å². The number of carbonyl (C=O) groups excluding carboxylic acids is 1. The molecule has 0 bridgehead atoms. The van der Waals surface area contributed by atoms with E-state index in [0.29, 0.717) is 10.8 Å². The number of benzene rings is 1. The van der Waals surface area contributed by atoms with Crippen molar-refractivity contribution >= 4 is 48.5 Å². The highest BCUT2D eigenvalue weighted by atomic mass is 79.9. The molecule has 102 valence electrons. The van der Waals surface area contributed by atoms with E-state index >= 15 is 0 Å². The molecule has 1 aromatic carbocycles. The van der Waals surface area contributed by atoms with Gasteiger partial charge in [-0.25, -0.2) is 4.98 Å². The number of H-pyrrole nitrogens is 1. The van der Waals surface area contributed by atoms with Gasteiger partial charge in [-0.2, -0.15) is 0 Å². The molecule has 0 fully saturated rings. The van der Waals surface area contributed by atoms with E-state index in [-0.39, 0.29) is 5.91 Å². The van der Waals surface area contributed by atoms with E-state index in [9.17, 15) is 4.79 Å². The lowest BCUT2D eigenvalue weighted by Crippen LogP contribution is -2.11. The first-order valence-electron chi connectivity index (χ1n) is 6.06. The van der Waals surface area contributed by atoms with Crippen LogP contribution in [0.2, 0.25) is 0 Å². The van der Waals surface area contributed by atoms with Gasteiger partial charge in [0.2, 0.25) is 0 Å². The molecule has 4 nitrogen and oxygen atoms in total. The third kappa shape index (κ3) is 2.48. The number of anilines is 1. The molecule has 3 rings (SSSR count). The summed E-state index contributed by atoms with van der Waals surface area (Å²) >= 11 is 4.79. The second-order valence-corrected chi connectivity index (χ2v) is 6.58. The molecule has 0 aliphatic heterocycles. The number of aryl methyl sites for hydroxylation is 2. The Kier molecular flexibility index (Phi) is 3.35. The van der Waals surface area contributed by atoms with Gasteiger partial charge >= 0.3 is 0 Å². The molecular weight excluding hydrogens is 338 g/mol. The van der Waals surface area contributed by atoms with Crippen LogP contribution in [0.4, 0.5) is 5.13 Å². The molecule has 2 aromatic heterocycles. The van der Waals surface area contributed by atoms with Crippen LogP contribution in [-0.4, -0.2) is 15.9 Å². The summed E-state index contributed by atoms with van der Waals surface area (Å²) in [5.41, 5.74) is 3.77.